The van der Waals surface area contributed by atoms with Gasteiger partial charge in [0.2, 0.25) is 0 Å². The normalized spacial score (nSPS) is 9.20. The number of anilines is 1. The third-order valence-corrected chi connectivity index (χ3v) is 1.02. The van der Waals surface area contributed by atoms with Crippen LogP contribution in [0, 0.1) is 10.1 Å². The molecule has 10 heavy (non-hydrogen) atoms. The van der Waals surface area contributed by atoms with Gasteiger partial charge in [0.05, 0.1) is 11.1 Å². The molecule has 0 aliphatic heterocycles. The van der Waals surface area contributed by atoms with Crippen molar-refractivity contribution in [3.63, 3.8) is 0 Å². The number of nitrogens with two attached hydrogens (primary N) is 1. The average Bonchev–Trinajstić information content (AvgIpc) is 1.88. The lowest BCUT2D eigenvalue weighted by Crippen LogP contribution is -1.95. The summed E-state index contributed by atoms with van der Waals surface area (Å²) < 4.78 is 0. The second-order valence-corrected chi connectivity index (χ2v) is 1.69. The summed E-state index contributed by atoms with van der Waals surface area (Å²) in [6.45, 7) is 0. The first kappa shape index (κ1) is 6.47. The lowest BCUT2D eigenvalue weighted by Gasteiger charge is -1.92. The number of pyridine rings is 1. The molecule has 0 aliphatic rings. The SMILES string of the molecule is Nc1cnccc1[N+](=O)[O-]. The largest absolute Gasteiger partial charge is 0.392 e. The van der Waals surface area contributed by atoms with Crippen LogP contribution < -0.4 is 5.73 Å². The highest BCUT2D eigenvalue weighted by atomic mass is 16.6. The topological polar surface area (TPSA) is 82.0 Å². The zero-order chi connectivity index (χ0) is 7.56. The van der Waals surface area contributed by atoms with Crippen molar-refractivity contribution in [2.45, 2.75) is 0 Å². The molecule has 0 bridgehead atoms. The van der Waals surface area contributed by atoms with Crippen LogP contribution in [0.4, 0.5) is 11.4 Å². The molecule has 2 N–H and O–H groups in total. The summed E-state index contributed by atoms with van der Waals surface area (Å²) in [6, 6.07) is 1.26. The summed E-state index contributed by atoms with van der Waals surface area (Å²) in [5.74, 6) is 0. The summed E-state index contributed by atoms with van der Waals surface area (Å²) in [5, 5.41) is 10.1. The molecule has 0 unspecified atom stereocenters. The Labute approximate surface area is 56.6 Å². The Morgan fingerprint density at radius 2 is 2.40 bits per heavy atom. The van der Waals surface area contributed by atoms with Gasteiger partial charge in [-0.3, -0.25) is 15.1 Å². The van der Waals surface area contributed by atoms with E-state index in [0.717, 1.165) is 0 Å². The van der Waals surface area contributed by atoms with Gasteiger partial charge in [-0.2, -0.15) is 0 Å². The van der Waals surface area contributed by atoms with Crippen LogP contribution in [0.25, 0.3) is 0 Å². The molecular formula is C5H5N3O2. The van der Waals surface area contributed by atoms with E-state index < -0.39 is 4.92 Å². The van der Waals surface area contributed by atoms with Gasteiger partial charge in [-0.1, -0.05) is 0 Å². The van der Waals surface area contributed by atoms with Crippen LogP contribution in [0.2, 0.25) is 0 Å². The molecule has 0 spiro atoms. The van der Waals surface area contributed by atoms with E-state index >= 15 is 0 Å². The van der Waals surface area contributed by atoms with E-state index in [2.05, 4.69) is 4.98 Å². The Morgan fingerprint density at radius 3 is 2.80 bits per heavy atom. The maximum Gasteiger partial charge on any atom is 0.295 e. The fraction of sp³-hybridized carbons (Fsp3) is 0. The number of nitrogen functional groups attached to an aromatic ring is 1. The molecule has 0 saturated heterocycles. The highest BCUT2D eigenvalue weighted by Crippen LogP contribution is 2.16. The summed E-state index contributed by atoms with van der Waals surface area (Å²) in [4.78, 5) is 13.2. The molecule has 1 aromatic rings. The van der Waals surface area contributed by atoms with Gasteiger partial charge < -0.3 is 5.73 Å². The van der Waals surface area contributed by atoms with Crippen LogP contribution in [-0.4, -0.2) is 9.91 Å². The lowest BCUT2D eigenvalue weighted by molar-refractivity contribution is -0.384. The Hall–Kier alpha value is -1.65. The Morgan fingerprint density at radius 1 is 1.70 bits per heavy atom. The molecule has 1 heterocycles. The van der Waals surface area contributed by atoms with Gasteiger partial charge in [0.1, 0.15) is 5.69 Å². The number of rotatable bonds is 1. The minimum atomic E-state index is -0.545. The second kappa shape index (κ2) is 2.30. The van der Waals surface area contributed by atoms with Crippen LogP contribution >= 0.6 is 0 Å². The number of nitrogens with zero attached hydrogens (tertiary/aromatic N) is 2. The van der Waals surface area contributed by atoms with Crippen molar-refractivity contribution in [2.75, 3.05) is 5.73 Å². The first-order chi connectivity index (χ1) is 4.72. The van der Waals surface area contributed by atoms with Crippen LogP contribution in [-0.2, 0) is 0 Å². The summed E-state index contributed by atoms with van der Waals surface area (Å²) in [5.41, 5.74) is 5.21. The van der Waals surface area contributed by atoms with Gasteiger partial charge in [0.15, 0.2) is 0 Å². The van der Waals surface area contributed by atoms with Crippen molar-refractivity contribution in [3.05, 3.63) is 28.6 Å². The third-order valence-electron chi connectivity index (χ3n) is 1.02. The predicted molar refractivity (Wildman–Crippen MR) is 35.3 cm³/mol. The average molecular weight is 139 g/mol. The first-order valence-corrected chi connectivity index (χ1v) is 2.55. The van der Waals surface area contributed by atoms with Crippen molar-refractivity contribution in [3.8, 4) is 0 Å². The van der Waals surface area contributed by atoms with E-state index in [1.54, 1.807) is 0 Å². The summed E-state index contributed by atoms with van der Waals surface area (Å²) in [7, 11) is 0. The van der Waals surface area contributed by atoms with E-state index in [1.165, 1.54) is 18.5 Å². The fourth-order valence-corrected chi connectivity index (χ4v) is 0.566. The Bertz CT molecular complexity index is 261. The molecule has 1 aromatic heterocycles. The van der Waals surface area contributed by atoms with Crippen molar-refractivity contribution >= 4 is 11.4 Å². The second-order valence-electron chi connectivity index (χ2n) is 1.69. The van der Waals surface area contributed by atoms with E-state index in [4.69, 9.17) is 5.73 Å². The molecule has 0 atom stereocenters. The summed E-state index contributed by atoms with van der Waals surface area (Å²) >= 11 is 0. The van der Waals surface area contributed by atoms with Crippen LogP contribution in [0.3, 0.4) is 0 Å². The standard InChI is InChI=1S/C5H5N3O2/c6-4-3-7-2-1-5(4)8(9)10/h1-3H,6H2. The number of hydrogen-bond acceptors (Lipinski definition) is 4. The number of nitro groups is 1. The number of hydrogen-bond donors (Lipinski definition) is 1. The molecule has 0 saturated carbocycles. The molecule has 1 rings (SSSR count). The quantitative estimate of drug-likeness (QED) is 0.455. The highest BCUT2D eigenvalue weighted by Gasteiger charge is 2.07. The van der Waals surface area contributed by atoms with Gasteiger partial charge in [0.25, 0.3) is 5.69 Å². The van der Waals surface area contributed by atoms with Gasteiger partial charge in [0, 0.05) is 12.3 Å². The van der Waals surface area contributed by atoms with Gasteiger partial charge in [-0.15, -0.1) is 0 Å². The van der Waals surface area contributed by atoms with Crippen LogP contribution in [0.5, 0.6) is 0 Å². The van der Waals surface area contributed by atoms with Crippen molar-refractivity contribution in [1.29, 1.82) is 0 Å². The molecule has 0 amide bonds. The minimum absolute atomic E-state index is 0.0903. The third kappa shape index (κ3) is 1.02. The van der Waals surface area contributed by atoms with Crippen molar-refractivity contribution in [1.82, 2.24) is 4.98 Å². The minimum Gasteiger partial charge on any atom is -0.392 e. The molecule has 0 fully saturated rings. The van der Waals surface area contributed by atoms with Crippen molar-refractivity contribution < 1.29 is 4.92 Å². The molecule has 0 aliphatic carbocycles. The van der Waals surface area contributed by atoms with E-state index in [0.29, 0.717) is 0 Å². The monoisotopic (exact) mass is 139 g/mol. The fourth-order valence-electron chi connectivity index (χ4n) is 0.566. The molecule has 5 heteroatoms. The maximum atomic E-state index is 10.1. The van der Waals surface area contributed by atoms with Gasteiger partial charge in [-0.25, -0.2) is 0 Å². The van der Waals surface area contributed by atoms with E-state index in [1.807, 2.05) is 0 Å². The zero-order valence-corrected chi connectivity index (χ0v) is 5.02. The smallest absolute Gasteiger partial charge is 0.295 e. The number of aromatic nitrogens is 1. The van der Waals surface area contributed by atoms with E-state index in [9.17, 15) is 10.1 Å². The molecule has 5 nitrogen and oxygen atoms in total. The van der Waals surface area contributed by atoms with Crippen LogP contribution in [0.15, 0.2) is 18.5 Å². The van der Waals surface area contributed by atoms with Gasteiger partial charge in [-0.05, 0) is 0 Å². The van der Waals surface area contributed by atoms with Crippen molar-refractivity contribution in [2.24, 2.45) is 0 Å². The zero-order valence-electron chi connectivity index (χ0n) is 5.02. The summed E-state index contributed by atoms with van der Waals surface area (Å²) in [6.07, 6.45) is 2.58. The molecular weight excluding hydrogens is 134 g/mol. The highest BCUT2D eigenvalue weighted by molar-refractivity contribution is 5.55. The Balaban J connectivity index is 3.15. The van der Waals surface area contributed by atoms with Gasteiger partial charge >= 0.3 is 0 Å². The lowest BCUT2D eigenvalue weighted by atomic mass is 10.4. The Kier molecular flexibility index (Phi) is 1.49. The molecule has 0 aromatic carbocycles. The predicted octanol–water partition coefficient (Wildman–Crippen LogP) is 0.572. The first-order valence-electron chi connectivity index (χ1n) is 2.55. The van der Waals surface area contributed by atoms with E-state index in [-0.39, 0.29) is 11.4 Å². The van der Waals surface area contributed by atoms with Crippen LogP contribution in [0.1, 0.15) is 0 Å². The maximum absolute atomic E-state index is 10.1. The molecule has 0 radical (unpaired) electrons. The molecule has 52 valence electrons.